The number of methoxy groups -OCH3 is 1. The molecule has 5 nitrogen and oxygen atoms in total. The zero-order valence-corrected chi connectivity index (χ0v) is 12.7. The Morgan fingerprint density at radius 1 is 1.53 bits per heavy atom. The number of aldehydes is 1. The van der Waals surface area contributed by atoms with E-state index in [2.05, 4.69) is 35.8 Å². The van der Waals surface area contributed by atoms with Crippen LogP contribution in [0.25, 0.3) is 0 Å². The molecule has 2 heterocycles. The van der Waals surface area contributed by atoms with Crippen LogP contribution in [0.15, 0.2) is 0 Å². The third kappa shape index (κ3) is 2.96. The minimum Gasteiger partial charge on any atom is -0.378 e. The van der Waals surface area contributed by atoms with Gasteiger partial charge in [-0.1, -0.05) is 18.3 Å². The van der Waals surface area contributed by atoms with E-state index in [-0.39, 0.29) is 0 Å². The van der Waals surface area contributed by atoms with Crippen LogP contribution in [0.4, 0.5) is 5.13 Å². The maximum Gasteiger partial charge on any atom is 0.186 e. The lowest BCUT2D eigenvalue weighted by atomic mass is 10.1. The molecule has 0 amide bonds. The highest BCUT2D eigenvalue weighted by Gasteiger charge is 2.32. The summed E-state index contributed by atoms with van der Waals surface area (Å²) in [5, 5.41) is 0.936. The van der Waals surface area contributed by atoms with Crippen LogP contribution in [0.5, 0.6) is 0 Å². The van der Waals surface area contributed by atoms with Crippen molar-refractivity contribution in [2.45, 2.75) is 19.6 Å². The van der Waals surface area contributed by atoms with Gasteiger partial charge in [-0.15, -0.1) is 0 Å². The molecule has 19 heavy (non-hydrogen) atoms. The van der Waals surface area contributed by atoms with Gasteiger partial charge in [0, 0.05) is 26.2 Å². The average Bonchev–Trinajstić information content (AvgIpc) is 2.93. The van der Waals surface area contributed by atoms with Gasteiger partial charge in [0.15, 0.2) is 11.4 Å². The lowest BCUT2D eigenvalue weighted by Gasteiger charge is -2.22. The van der Waals surface area contributed by atoms with E-state index < -0.39 is 0 Å². The maximum atomic E-state index is 11.1. The lowest BCUT2D eigenvalue weighted by Crippen LogP contribution is -2.34. The molecule has 2 atom stereocenters. The molecule has 0 radical (unpaired) electrons. The number of likely N-dealkylation sites (N-methyl/N-ethyl adjacent to an activating group) is 1. The molecule has 2 rings (SSSR count). The molecule has 0 aromatic carbocycles. The van der Waals surface area contributed by atoms with Crippen LogP contribution in [0.1, 0.15) is 22.3 Å². The molecule has 1 fully saturated rings. The molecule has 0 aliphatic carbocycles. The van der Waals surface area contributed by atoms with Gasteiger partial charge in [0.1, 0.15) is 0 Å². The monoisotopic (exact) mass is 283 g/mol. The fourth-order valence-electron chi connectivity index (χ4n) is 2.60. The Kier molecular flexibility index (Phi) is 4.54. The predicted molar refractivity (Wildman–Crippen MR) is 77.1 cm³/mol. The second-order valence-electron chi connectivity index (χ2n) is 5.27. The zero-order chi connectivity index (χ0) is 14.0. The number of aromatic nitrogens is 1. The van der Waals surface area contributed by atoms with Gasteiger partial charge < -0.3 is 14.5 Å². The molecule has 0 bridgehead atoms. The van der Waals surface area contributed by atoms with Gasteiger partial charge in [0.05, 0.1) is 17.2 Å². The van der Waals surface area contributed by atoms with Crippen molar-refractivity contribution < 1.29 is 9.53 Å². The fraction of sp³-hybridized carbons (Fsp3) is 0.692. The van der Waals surface area contributed by atoms with Crippen LogP contribution in [-0.2, 0) is 11.3 Å². The molecule has 106 valence electrons. The first-order chi connectivity index (χ1) is 9.06. The molecule has 1 aliphatic rings. The number of ether oxygens (including phenoxy) is 1. The standard InChI is InChI=1S/C13H21N3O2S/c1-9-5-16(6-11(9)15(2)3)13-14-10(8-18-4)12(7-17)19-13/h7,9,11H,5-6,8H2,1-4H3. The second kappa shape index (κ2) is 5.98. The third-order valence-corrected chi connectivity index (χ3v) is 4.69. The van der Waals surface area contributed by atoms with Crippen LogP contribution in [0.2, 0.25) is 0 Å². The maximum absolute atomic E-state index is 11.1. The van der Waals surface area contributed by atoms with E-state index in [4.69, 9.17) is 4.74 Å². The number of rotatable bonds is 5. The topological polar surface area (TPSA) is 45.7 Å². The smallest absolute Gasteiger partial charge is 0.186 e. The molecule has 0 N–H and O–H groups in total. The van der Waals surface area contributed by atoms with Crippen molar-refractivity contribution in [3.63, 3.8) is 0 Å². The quantitative estimate of drug-likeness (QED) is 0.766. The number of carbonyl (C=O) groups is 1. The summed E-state index contributed by atoms with van der Waals surface area (Å²) in [4.78, 5) is 20.8. The summed E-state index contributed by atoms with van der Waals surface area (Å²) in [5.74, 6) is 0.601. The van der Waals surface area contributed by atoms with E-state index in [1.54, 1.807) is 7.11 Å². The number of carbonyl (C=O) groups excluding carboxylic acids is 1. The Labute approximate surface area is 118 Å². The minimum absolute atomic E-state index is 0.394. The van der Waals surface area contributed by atoms with Crippen molar-refractivity contribution in [3.05, 3.63) is 10.6 Å². The summed E-state index contributed by atoms with van der Waals surface area (Å²) >= 11 is 1.46. The number of hydrogen-bond donors (Lipinski definition) is 0. The molecule has 0 spiro atoms. The van der Waals surface area contributed by atoms with Gasteiger partial charge >= 0.3 is 0 Å². The second-order valence-corrected chi connectivity index (χ2v) is 6.28. The third-order valence-electron chi connectivity index (χ3n) is 3.61. The molecule has 0 saturated carbocycles. The van der Waals surface area contributed by atoms with Gasteiger partial charge in [0.25, 0.3) is 0 Å². The van der Waals surface area contributed by atoms with Crippen LogP contribution in [-0.4, -0.2) is 56.5 Å². The molecular weight excluding hydrogens is 262 g/mol. The summed E-state index contributed by atoms with van der Waals surface area (Å²) in [6.45, 7) is 4.60. The summed E-state index contributed by atoms with van der Waals surface area (Å²) < 4.78 is 5.09. The summed E-state index contributed by atoms with van der Waals surface area (Å²) in [6.07, 6.45) is 0.873. The Morgan fingerprint density at radius 2 is 2.26 bits per heavy atom. The van der Waals surface area contributed by atoms with Crippen LogP contribution < -0.4 is 4.90 Å². The van der Waals surface area contributed by atoms with Gasteiger partial charge in [0.2, 0.25) is 0 Å². The Hall–Kier alpha value is -0.980. The number of hydrogen-bond acceptors (Lipinski definition) is 6. The molecule has 6 heteroatoms. The largest absolute Gasteiger partial charge is 0.378 e. The molecule has 2 unspecified atom stereocenters. The van der Waals surface area contributed by atoms with Crippen LogP contribution in [0.3, 0.4) is 0 Å². The first-order valence-electron chi connectivity index (χ1n) is 6.42. The Balaban J connectivity index is 2.17. The Bertz CT molecular complexity index is 447. The average molecular weight is 283 g/mol. The minimum atomic E-state index is 0.394. The Morgan fingerprint density at radius 3 is 2.79 bits per heavy atom. The highest BCUT2D eigenvalue weighted by molar-refractivity contribution is 7.17. The van der Waals surface area contributed by atoms with Crippen molar-refractivity contribution in [2.24, 2.45) is 5.92 Å². The molecule has 1 aromatic heterocycles. The van der Waals surface area contributed by atoms with Gasteiger partial charge in [-0.2, -0.15) is 0 Å². The summed E-state index contributed by atoms with van der Waals surface area (Å²) in [6, 6.07) is 0.537. The predicted octanol–water partition coefficient (Wildman–Crippen LogP) is 1.49. The highest BCUT2D eigenvalue weighted by Crippen LogP contribution is 2.31. The van der Waals surface area contributed by atoms with Crippen molar-refractivity contribution in [1.82, 2.24) is 9.88 Å². The van der Waals surface area contributed by atoms with E-state index in [1.807, 2.05) is 0 Å². The molecule has 1 saturated heterocycles. The van der Waals surface area contributed by atoms with Gasteiger partial charge in [-0.3, -0.25) is 4.79 Å². The SMILES string of the molecule is COCc1nc(N2CC(C)C(N(C)C)C2)sc1C=O. The van der Waals surface area contributed by atoms with Crippen molar-refractivity contribution in [3.8, 4) is 0 Å². The van der Waals surface area contributed by atoms with Gasteiger partial charge in [-0.05, 0) is 20.0 Å². The first-order valence-corrected chi connectivity index (χ1v) is 7.23. The summed E-state index contributed by atoms with van der Waals surface area (Å²) in [7, 11) is 5.84. The van der Waals surface area contributed by atoms with Crippen molar-refractivity contribution in [1.29, 1.82) is 0 Å². The highest BCUT2D eigenvalue weighted by atomic mass is 32.1. The fourth-order valence-corrected chi connectivity index (χ4v) is 3.50. The molecule has 1 aromatic rings. The number of anilines is 1. The van der Waals surface area contributed by atoms with E-state index in [1.165, 1.54) is 11.3 Å². The van der Waals surface area contributed by atoms with E-state index >= 15 is 0 Å². The summed E-state index contributed by atoms with van der Waals surface area (Å²) in [5.41, 5.74) is 0.749. The van der Waals surface area contributed by atoms with Gasteiger partial charge in [-0.25, -0.2) is 4.98 Å². The van der Waals surface area contributed by atoms with Crippen molar-refractivity contribution >= 4 is 22.8 Å². The van der Waals surface area contributed by atoms with Crippen LogP contribution >= 0.6 is 11.3 Å². The zero-order valence-electron chi connectivity index (χ0n) is 11.9. The number of thiazole rings is 1. The van der Waals surface area contributed by atoms with Crippen LogP contribution in [0, 0.1) is 5.92 Å². The van der Waals surface area contributed by atoms with Crippen molar-refractivity contribution in [2.75, 3.05) is 39.2 Å². The normalized spacial score (nSPS) is 23.3. The number of nitrogens with zero attached hydrogens (tertiary/aromatic N) is 3. The molecule has 1 aliphatic heterocycles. The van der Waals surface area contributed by atoms with E-state index in [9.17, 15) is 4.79 Å². The lowest BCUT2D eigenvalue weighted by molar-refractivity contribution is 0.112. The molecular formula is C13H21N3O2S. The van der Waals surface area contributed by atoms with E-state index in [0.717, 1.165) is 30.2 Å². The van der Waals surface area contributed by atoms with E-state index in [0.29, 0.717) is 23.4 Å². The first kappa shape index (κ1) is 14.4.